The van der Waals surface area contributed by atoms with Crippen LogP contribution < -0.4 is 0 Å². The molecular weight excluding hydrogens is 240 g/mol. The van der Waals surface area contributed by atoms with Crippen LogP contribution in [0.5, 0.6) is 0 Å². The van der Waals surface area contributed by atoms with Gasteiger partial charge in [0.15, 0.2) is 0 Å². The second-order valence-corrected chi connectivity index (χ2v) is 4.20. The first kappa shape index (κ1) is 12.1. The molecule has 5 heteroatoms. The third-order valence-corrected chi connectivity index (χ3v) is 3.03. The van der Waals surface area contributed by atoms with Crippen molar-refractivity contribution in [3.05, 3.63) is 34.6 Å². The fourth-order valence-corrected chi connectivity index (χ4v) is 1.68. The highest BCUT2D eigenvalue weighted by atomic mass is 35.5. The Morgan fingerprint density at radius 1 is 1.47 bits per heavy atom. The number of rotatable bonds is 3. The molecule has 1 aromatic heterocycles. The summed E-state index contributed by atoms with van der Waals surface area (Å²) in [5.41, 5.74) is 1.68. The van der Waals surface area contributed by atoms with Gasteiger partial charge in [0, 0.05) is 10.6 Å². The summed E-state index contributed by atoms with van der Waals surface area (Å²) < 4.78 is 5.13. The van der Waals surface area contributed by atoms with Crippen LogP contribution in [0.3, 0.4) is 0 Å². The summed E-state index contributed by atoms with van der Waals surface area (Å²) in [5.74, 6) is 0.689. The third kappa shape index (κ3) is 2.33. The fourth-order valence-electron chi connectivity index (χ4n) is 1.50. The molecule has 0 spiro atoms. The Bertz CT molecular complexity index is 525. The molecule has 1 unspecified atom stereocenters. The van der Waals surface area contributed by atoms with Gasteiger partial charge in [-0.1, -0.05) is 29.7 Å². The van der Waals surface area contributed by atoms with Crippen LogP contribution >= 0.6 is 11.6 Å². The fraction of sp³-hybridized carbons (Fsp3) is 0.333. The zero-order valence-corrected chi connectivity index (χ0v) is 10.4. The lowest BCUT2D eigenvalue weighted by Crippen LogP contribution is -1.97. The Balaban J connectivity index is 2.40. The minimum Gasteiger partial charge on any atom is -0.385 e. The summed E-state index contributed by atoms with van der Waals surface area (Å²) in [6, 6.07) is 5.49. The van der Waals surface area contributed by atoms with Crippen LogP contribution in [0.25, 0.3) is 11.5 Å². The molecular formula is C12H13ClN2O2. The lowest BCUT2D eigenvalue weighted by atomic mass is 10.1. The first-order chi connectivity index (χ1) is 8.13. The second-order valence-electron chi connectivity index (χ2n) is 3.79. The molecule has 0 saturated carbocycles. The highest BCUT2D eigenvalue weighted by molar-refractivity contribution is 6.31. The van der Waals surface area contributed by atoms with E-state index in [9.17, 15) is 5.11 Å². The van der Waals surface area contributed by atoms with E-state index in [1.54, 1.807) is 6.07 Å². The predicted molar refractivity (Wildman–Crippen MR) is 64.7 cm³/mol. The molecule has 4 nitrogen and oxygen atoms in total. The molecule has 0 radical (unpaired) electrons. The Morgan fingerprint density at radius 3 is 2.94 bits per heavy atom. The predicted octanol–water partition coefficient (Wildman–Crippen LogP) is 3.14. The van der Waals surface area contributed by atoms with Crippen molar-refractivity contribution in [2.24, 2.45) is 0 Å². The van der Waals surface area contributed by atoms with Crippen LogP contribution in [-0.2, 0) is 0 Å². The molecule has 0 aliphatic heterocycles. The number of hydrogen-bond acceptors (Lipinski definition) is 4. The van der Waals surface area contributed by atoms with Crippen molar-refractivity contribution in [3.8, 4) is 11.5 Å². The number of benzene rings is 1. The number of aromatic nitrogens is 2. The Morgan fingerprint density at radius 2 is 2.24 bits per heavy atom. The standard InChI is InChI=1S/C12H13ClN2O2/c1-3-10(16)11-14-12(17-15-11)8-5-4-6-9(13)7(8)2/h4-6,10,16H,3H2,1-2H3. The zero-order chi connectivity index (χ0) is 12.4. The number of aliphatic hydroxyl groups is 1. The maximum atomic E-state index is 9.60. The van der Waals surface area contributed by atoms with E-state index in [0.717, 1.165) is 11.1 Å². The minimum atomic E-state index is -0.688. The number of hydrogen-bond donors (Lipinski definition) is 1. The average Bonchev–Trinajstić information content (AvgIpc) is 2.81. The molecule has 1 aromatic carbocycles. The molecule has 0 amide bonds. The lowest BCUT2D eigenvalue weighted by Gasteiger charge is -2.02. The smallest absolute Gasteiger partial charge is 0.258 e. The first-order valence-electron chi connectivity index (χ1n) is 5.40. The summed E-state index contributed by atoms with van der Waals surface area (Å²) in [4.78, 5) is 4.17. The van der Waals surface area contributed by atoms with Gasteiger partial charge in [0.25, 0.3) is 5.89 Å². The van der Waals surface area contributed by atoms with Crippen molar-refractivity contribution in [2.75, 3.05) is 0 Å². The SMILES string of the molecule is CCC(O)c1noc(-c2cccc(Cl)c2C)n1. The van der Waals surface area contributed by atoms with Gasteiger partial charge in [-0.25, -0.2) is 0 Å². The highest BCUT2D eigenvalue weighted by Gasteiger charge is 2.16. The van der Waals surface area contributed by atoms with Crippen LogP contribution in [0.2, 0.25) is 5.02 Å². The van der Waals surface area contributed by atoms with Gasteiger partial charge >= 0.3 is 0 Å². The maximum absolute atomic E-state index is 9.60. The summed E-state index contributed by atoms with van der Waals surface area (Å²) >= 11 is 6.02. The minimum absolute atomic E-state index is 0.307. The van der Waals surface area contributed by atoms with Crippen molar-refractivity contribution in [2.45, 2.75) is 26.4 Å². The van der Waals surface area contributed by atoms with Gasteiger partial charge in [-0.15, -0.1) is 0 Å². The molecule has 1 heterocycles. The molecule has 0 aliphatic carbocycles. The molecule has 2 aromatic rings. The van der Waals surface area contributed by atoms with Gasteiger partial charge in [0.05, 0.1) is 0 Å². The molecule has 90 valence electrons. The molecule has 0 bridgehead atoms. The van der Waals surface area contributed by atoms with Crippen molar-refractivity contribution >= 4 is 11.6 Å². The summed E-state index contributed by atoms with van der Waals surface area (Å²) in [6.07, 6.45) is -0.139. The van der Waals surface area contributed by atoms with Crippen LogP contribution in [-0.4, -0.2) is 15.2 Å². The number of halogens is 1. The molecule has 2 rings (SSSR count). The topological polar surface area (TPSA) is 59.2 Å². The Kier molecular flexibility index (Phi) is 3.45. The number of nitrogens with zero attached hydrogens (tertiary/aromatic N) is 2. The van der Waals surface area contributed by atoms with E-state index >= 15 is 0 Å². The van der Waals surface area contributed by atoms with Crippen molar-refractivity contribution in [1.29, 1.82) is 0 Å². The van der Waals surface area contributed by atoms with Crippen LogP contribution in [0.15, 0.2) is 22.7 Å². The monoisotopic (exact) mass is 252 g/mol. The zero-order valence-electron chi connectivity index (χ0n) is 9.64. The first-order valence-corrected chi connectivity index (χ1v) is 5.78. The van der Waals surface area contributed by atoms with Crippen LogP contribution in [0, 0.1) is 6.92 Å². The molecule has 17 heavy (non-hydrogen) atoms. The largest absolute Gasteiger partial charge is 0.385 e. The Labute approximate surface area is 104 Å². The van der Waals surface area contributed by atoms with Gasteiger partial charge in [-0.05, 0) is 31.0 Å². The second kappa shape index (κ2) is 4.85. The average molecular weight is 253 g/mol. The van der Waals surface area contributed by atoms with E-state index in [-0.39, 0.29) is 0 Å². The summed E-state index contributed by atoms with van der Waals surface area (Å²) in [7, 11) is 0. The quantitative estimate of drug-likeness (QED) is 0.912. The lowest BCUT2D eigenvalue weighted by molar-refractivity contribution is 0.159. The molecule has 0 aliphatic rings. The van der Waals surface area contributed by atoms with Crippen molar-refractivity contribution in [1.82, 2.24) is 10.1 Å². The van der Waals surface area contributed by atoms with Gasteiger partial charge < -0.3 is 9.63 Å². The van der Waals surface area contributed by atoms with Gasteiger partial charge in [0.2, 0.25) is 5.82 Å². The highest BCUT2D eigenvalue weighted by Crippen LogP contribution is 2.27. The molecule has 1 atom stereocenters. The number of aliphatic hydroxyl groups excluding tert-OH is 1. The third-order valence-electron chi connectivity index (χ3n) is 2.62. The molecule has 0 saturated heterocycles. The normalized spacial score (nSPS) is 12.7. The molecule has 1 N–H and O–H groups in total. The van der Waals surface area contributed by atoms with Gasteiger partial charge in [-0.2, -0.15) is 4.98 Å². The van der Waals surface area contributed by atoms with E-state index in [4.69, 9.17) is 16.1 Å². The summed E-state index contributed by atoms with van der Waals surface area (Å²) in [5, 5.41) is 14.0. The molecule has 0 fully saturated rings. The van der Waals surface area contributed by atoms with E-state index in [0.29, 0.717) is 23.2 Å². The van der Waals surface area contributed by atoms with E-state index in [1.807, 2.05) is 26.0 Å². The Hall–Kier alpha value is -1.39. The van der Waals surface area contributed by atoms with Gasteiger partial charge in [0.1, 0.15) is 6.10 Å². The van der Waals surface area contributed by atoms with Crippen molar-refractivity contribution in [3.63, 3.8) is 0 Å². The van der Waals surface area contributed by atoms with Crippen LogP contribution in [0.1, 0.15) is 30.8 Å². The maximum Gasteiger partial charge on any atom is 0.258 e. The van der Waals surface area contributed by atoms with Crippen molar-refractivity contribution < 1.29 is 9.63 Å². The van der Waals surface area contributed by atoms with Crippen LogP contribution in [0.4, 0.5) is 0 Å². The van der Waals surface area contributed by atoms with E-state index < -0.39 is 6.10 Å². The van der Waals surface area contributed by atoms with Gasteiger partial charge in [-0.3, -0.25) is 0 Å². The van der Waals surface area contributed by atoms with E-state index in [1.165, 1.54) is 0 Å². The summed E-state index contributed by atoms with van der Waals surface area (Å²) in [6.45, 7) is 3.74. The van der Waals surface area contributed by atoms with E-state index in [2.05, 4.69) is 10.1 Å².